The number of imidazole rings is 1. The van der Waals surface area contributed by atoms with Gasteiger partial charge in [0, 0.05) is 30.2 Å². The van der Waals surface area contributed by atoms with E-state index in [2.05, 4.69) is 38.5 Å². The molecule has 9 nitrogen and oxygen atoms in total. The predicted molar refractivity (Wildman–Crippen MR) is 123 cm³/mol. The van der Waals surface area contributed by atoms with Crippen LogP contribution in [-0.4, -0.2) is 57.6 Å². The van der Waals surface area contributed by atoms with Crippen LogP contribution < -0.4 is 10.5 Å². The van der Waals surface area contributed by atoms with Gasteiger partial charge in [-0.3, -0.25) is 4.90 Å². The number of nitrogen functional groups attached to an aromatic ring is 1. The molecule has 3 fully saturated rings. The Balaban J connectivity index is 1.52. The number of nitrogens with one attached hydrogen (secondary N) is 1. The molecule has 2 aromatic heterocycles. The number of hydrogen-bond donors (Lipinski definition) is 2. The lowest BCUT2D eigenvalue weighted by molar-refractivity contribution is -0.145. The van der Waals surface area contributed by atoms with Crippen molar-refractivity contribution in [2.45, 2.75) is 56.3 Å². The molecule has 1 aromatic carbocycles. The van der Waals surface area contributed by atoms with Gasteiger partial charge in [0.2, 0.25) is 10.0 Å². The molecule has 2 saturated heterocycles. The molecule has 0 unspecified atom stereocenters. The third kappa shape index (κ3) is 4.15. The second-order valence-electron chi connectivity index (χ2n) is 9.86. The zero-order valence-electron chi connectivity index (χ0n) is 19.5. The van der Waals surface area contributed by atoms with E-state index in [0.717, 1.165) is 23.9 Å². The number of alkyl halides is 3. The summed E-state index contributed by atoms with van der Waals surface area (Å²) < 4.78 is 70.5. The second kappa shape index (κ2) is 7.87. The molecule has 2 aliphatic heterocycles. The fourth-order valence-corrected chi connectivity index (χ4v) is 6.63. The third-order valence-electron chi connectivity index (χ3n) is 6.88. The molecule has 0 spiro atoms. The van der Waals surface area contributed by atoms with Gasteiger partial charge in [-0.1, -0.05) is 6.07 Å². The largest absolute Gasteiger partial charge is 0.453 e. The van der Waals surface area contributed by atoms with Crippen molar-refractivity contribution < 1.29 is 21.6 Å². The Morgan fingerprint density at radius 3 is 2.63 bits per heavy atom. The SMILES string of the molecule is Cc1ccc(S(=O)(=O)NC23CC(CN(C(C)C)C2)C3)cc1-c1cnc2c(N)nc(C(F)(F)F)nn12. The summed E-state index contributed by atoms with van der Waals surface area (Å²) in [6, 6.07) is 4.85. The summed E-state index contributed by atoms with van der Waals surface area (Å²) in [5, 5.41) is 3.58. The quantitative estimate of drug-likeness (QED) is 0.543. The maximum Gasteiger partial charge on any atom is 0.453 e. The van der Waals surface area contributed by atoms with Gasteiger partial charge >= 0.3 is 6.18 Å². The summed E-state index contributed by atoms with van der Waals surface area (Å²) in [6.45, 7) is 7.52. The first kappa shape index (κ1) is 23.9. The van der Waals surface area contributed by atoms with Crippen molar-refractivity contribution in [1.29, 1.82) is 0 Å². The molecule has 2 bridgehead atoms. The minimum atomic E-state index is -4.81. The molecule has 4 heterocycles. The van der Waals surface area contributed by atoms with Gasteiger partial charge in [-0.25, -0.2) is 27.6 Å². The van der Waals surface area contributed by atoms with Crippen molar-refractivity contribution in [3.05, 3.63) is 35.8 Å². The van der Waals surface area contributed by atoms with Crippen molar-refractivity contribution in [2.24, 2.45) is 5.92 Å². The van der Waals surface area contributed by atoms with E-state index in [1.54, 1.807) is 13.0 Å². The first-order valence-electron chi connectivity index (χ1n) is 11.3. The standard InChI is InChI=1S/C22H26F3N7O2S/c1-12(2)31-10-14-7-21(8-14,11-31)30-35(33,34)15-5-4-13(3)16(6-15)17-9-27-19-18(26)28-20(22(23,24)25)29-32(17)19/h4-6,9,12,14,30H,7-8,10-11H2,1-3H3,(H2,26,28,29). The number of aryl methyl sites for hydroxylation is 1. The summed E-state index contributed by atoms with van der Waals surface area (Å²) in [7, 11) is -3.90. The van der Waals surface area contributed by atoms with Crippen molar-refractivity contribution in [3.8, 4) is 11.3 Å². The maximum atomic E-state index is 13.4. The van der Waals surface area contributed by atoms with Crippen LogP contribution in [0.4, 0.5) is 19.0 Å². The first-order valence-corrected chi connectivity index (χ1v) is 12.7. The van der Waals surface area contributed by atoms with Crippen LogP contribution in [-0.2, 0) is 16.2 Å². The topological polar surface area (TPSA) is 119 Å². The molecule has 3 aromatic rings. The van der Waals surface area contributed by atoms with Crippen LogP contribution in [0.3, 0.4) is 0 Å². The summed E-state index contributed by atoms with van der Waals surface area (Å²) >= 11 is 0. The molecule has 1 aliphatic carbocycles. The van der Waals surface area contributed by atoms with E-state index >= 15 is 0 Å². The Hall–Kier alpha value is -2.77. The van der Waals surface area contributed by atoms with E-state index in [4.69, 9.17) is 5.73 Å². The van der Waals surface area contributed by atoms with Crippen LogP contribution >= 0.6 is 0 Å². The number of nitrogens with zero attached hydrogens (tertiary/aromatic N) is 5. The normalized spacial score (nSPS) is 23.1. The summed E-state index contributed by atoms with van der Waals surface area (Å²) in [5.74, 6) is -1.36. The molecule has 3 aliphatic rings. The fraction of sp³-hybridized carbons (Fsp3) is 0.500. The molecule has 0 radical (unpaired) electrons. The van der Waals surface area contributed by atoms with Gasteiger partial charge < -0.3 is 5.73 Å². The molecule has 35 heavy (non-hydrogen) atoms. The molecule has 188 valence electrons. The molecule has 13 heteroatoms. The second-order valence-corrected chi connectivity index (χ2v) is 11.5. The van der Waals surface area contributed by atoms with E-state index < -0.39 is 33.4 Å². The first-order chi connectivity index (χ1) is 16.3. The number of aromatic nitrogens is 4. The molecular weight excluding hydrogens is 483 g/mol. The van der Waals surface area contributed by atoms with E-state index in [1.165, 1.54) is 18.3 Å². The van der Waals surface area contributed by atoms with Crippen molar-refractivity contribution in [3.63, 3.8) is 0 Å². The van der Waals surface area contributed by atoms with E-state index in [0.29, 0.717) is 29.6 Å². The zero-order chi connectivity index (χ0) is 25.3. The van der Waals surface area contributed by atoms with Crippen LogP contribution in [0.2, 0.25) is 0 Å². The van der Waals surface area contributed by atoms with Crippen molar-refractivity contribution >= 4 is 21.5 Å². The highest BCUT2D eigenvalue weighted by Gasteiger charge is 2.52. The Bertz CT molecular complexity index is 1410. The number of benzene rings is 1. The Morgan fingerprint density at radius 2 is 1.97 bits per heavy atom. The Kier molecular flexibility index (Phi) is 5.38. The Labute approximate surface area is 200 Å². The number of fused-ring (bicyclic) bond motifs is 3. The van der Waals surface area contributed by atoms with Gasteiger partial charge in [0.1, 0.15) is 0 Å². The smallest absolute Gasteiger partial charge is 0.380 e. The summed E-state index contributed by atoms with van der Waals surface area (Å²) in [5.41, 5.74) is 6.34. The minimum Gasteiger partial charge on any atom is -0.380 e. The minimum absolute atomic E-state index is 0.0191. The van der Waals surface area contributed by atoms with Gasteiger partial charge in [0.25, 0.3) is 5.82 Å². The van der Waals surface area contributed by atoms with Crippen LogP contribution in [0.1, 0.15) is 38.1 Å². The lowest BCUT2D eigenvalue weighted by Gasteiger charge is -2.57. The maximum absolute atomic E-state index is 13.4. The molecule has 0 atom stereocenters. The highest BCUT2D eigenvalue weighted by atomic mass is 32.2. The molecular formula is C22H26F3N7O2S. The average Bonchev–Trinajstić information content (AvgIpc) is 3.17. The number of halogens is 3. The van der Waals surface area contributed by atoms with E-state index in [-0.39, 0.29) is 16.2 Å². The van der Waals surface area contributed by atoms with Gasteiger partial charge in [0.15, 0.2) is 11.5 Å². The molecule has 0 amide bonds. The van der Waals surface area contributed by atoms with E-state index in [9.17, 15) is 21.6 Å². The monoisotopic (exact) mass is 509 g/mol. The fourth-order valence-electron chi connectivity index (χ4n) is 5.19. The lowest BCUT2D eigenvalue weighted by atomic mass is 9.65. The lowest BCUT2D eigenvalue weighted by Crippen LogP contribution is -2.69. The Morgan fingerprint density at radius 1 is 1.26 bits per heavy atom. The van der Waals surface area contributed by atoms with Gasteiger partial charge in [0.05, 0.1) is 16.8 Å². The van der Waals surface area contributed by atoms with Gasteiger partial charge in [-0.15, -0.1) is 5.10 Å². The highest BCUT2D eigenvalue weighted by molar-refractivity contribution is 7.89. The average molecular weight is 510 g/mol. The third-order valence-corrected chi connectivity index (χ3v) is 8.45. The number of piperidine rings is 2. The summed E-state index contributed by atoms with van der Waals surface area (Å²) in [4.78, 5) is 9.66. The highest BCUT2D eigenvalue weighted by Crippen LogP contribution is 2.45. The van der Waals surface area contributed by atoms with Gasteiger partial charge in [-0.2, -0.15) is 13.2 Å². The van der Waals surface area contributed by atoms with E-state index in [1.807, 2.05) is 0 Å². The summed E-state index contributed by atoms with van der Waals surface area (Å²) in [6.07, 6.45) is -1.92. The van der Waals surface area contributed by atoms with Crippen molar-refractivity contribution in [2.75, 3.05) is 18.8 Å². The predicted octanol–water partition coefficient (Wildman–Crippen LogP) is 2.85. The molecule has 1 saturated carbocycles. The number of rotatable bonds is 5. The molecule has 3 N–H and O–H groups in total. The van der Waals surface area contributed by atoms with Crippen molar-refractivity contribution in [1.82, 2.24) is 29.2 Å². The number of nitrogens with two attached hydrogens (primary N) is 1. The van der Waals surface area contributed by atoms with Crippen LogP contribution in [0.15, 0.2) is 29.3 Å². The number of sulfonamides is 1. The number of anilines is 1. The molecule has 6 rings (SSSR count). The zero-order valence-corrected chi connectivity index (χ0v) is 20.3. The van der Waals surface area contributed by atoms with Crippen LogP contribution in [0.5, 0.6) is 0 Å². The van der Waals surface area contributed by atoms with Crippen LogP contribution in [0, 0.1) is 12.8 Å². The van der Waals surface area contributed by atoms with Gasteiger partial charge in [-0.05, 0) is 57.2 Å². The van der Waals surface area contributed by atoms with Crippen LogP contribution in [0.25, 0.3) is 16.9 Å². The number of hydrogen-bond acceptors (Lipinski definition) is 7.